The lowest BCUT2D eigenvalue weighted by Gasteiger charge is -2.23. The molecule has 0 bridgehead atoms. The van der Waals surface area contributed by atoms with Crippen LogP contribution in [0.1, 0.15) is 23.1 Å². The van der Waals surface area contributed by atoms with Gasteiger partial charge in [0.1, 0.15) is 11.9 Å². The zero-order valence-corrected chi connectivity index (χ0v) is 16.3. The average Bonchev–Trinajstić information content (AvgIpc) is 2.69. The second-order valence-electron chi connectivity index (χ2n) is 6.72. The summed E-state index contributed by atoms with van der Waals surface area (Å²) in [6.07, 6.45) is -1.93. The number of aliphatic hydroxyl groups excluding tert-OH is 2. The predicted molar refractivity (Wildman–Crippen MR) is 110 cm³/mol. The summed E-state index contributed by atoms with van der Waals surface area (Å²) in [6, 6.07) is 13.9. The van der Waals surface area contributed by atoms with E-state index >= 15 is 0 Å². The molecule has 2 amide bonds. The molecule has 0 heterocycles. The summed E-state index contributed by atoms with van der Waals surface area (Å²) in [6.45, 7) is 2.12. The molecule has 154 valence electrons. The standard InChI is InChI=1S/C21H26N4O4/c1-14-2-4-15(5-3-14)13-25(10-11-26)19(28)12-18(27)21(29)24-17-8-6-16(7-9-17)20(22)23/h2-9,18,26-27H,10-13H2,1H3,(H3,22,23)(H,24,29). The van der Waals surface area contributed by atoms with Gasteiger partial charge in [-0.3, -0.25) is 15.0 Å². The van der Waals surface area contributed by atoms with E-state index in [2.05, 4.69) is 5.32 Å². The number of carbonyl (C=O) groups excluding carboxylic acids is 2. The van der Waals surface area contributed by atoms with Gasteiger partial charge in [0.25, 0.3) is 5.91 Å². The highest BCUT2D eigenvalue weighted by Gasteiger charge is 2.23. The maximum absolute atomic E-state index is 12.5. The van der Waals surface area contributed by atoms with Gasteiger partial charge in [0.05, 0.1) is 13.0 Å². The zero-order chi connectivity index (χ0) is 21.4. The van der Waals surface area contributed by atoms with E-state index < -0.39 is 24.3 Å². The Morgan fingerprint density at radius 1 is 1.14 bits per heavy atom. The van der Waals surface area contributed by atoms with E-state index in [0.29, 0.717) is 11.3 Å². The minimum atomic E-state index is -1.53. The molecule has 0 fully saturated rings. The number of nitrogens with two attached hydrogens (primary N) is 1. The molecule has 0 aliphatic carbocycles. The molecule has 0 aromatic heterocycles. The van der Waals surface area contributed by atoms with Crippen molar-refractivity contribution in [2.45, 2.75) is 26.0 Å². The molecular weight excluding hydrogens is 372 g/mol. The van der Waals surface area contributed by atoms with Crippen molar-refractivity contribution in [1.82, 2.24) is 4.90 Å². The van der Waals surface area contributed by atoms with Gasteiger partial charge < -0.3 is 26.2 Å². The van der Waals surface area contributed by atoms with E-state index in [4.69, 9.17) is 11.1 Å². The molecule has 0 aliphatic rings. The molecule has 1 unspecified atom stereocenters. The van der Waals surface area contributed by atoms with Crippen molar-refractivity contribution >= 4 is 23.3 Å². The summed E-state index contributed by atoms with van der Waals surface area (Å²) in [4.78, 5) is 26.1. The number of nitrogens with one attached hydrogen (secondary N) is 2. The van der Waals surface area contributed by atoms with Crippen LogP contribution in [0.15, 0.2) is 48.5 Å². The molecule has 29 heavy (non-hydrogen) atoms. The number of carbonyl (C=O) groups is 2. The summed E-state index contributed by atoms with van der Waals surface area (Å²) in [7, 11) is 0. The van der Waals surface area contributed by atoms with E-state index in [1.165, 1.54) is 4.90 Å². The van der Waals surface area contributed by atoms with Gasteiger partial charge in [-0.15, -0.1) is 0 Å². The van der Waals surface area contributed by atoms with Crippen molar-refractivity contribution in [2.24, 2.45) is 5.73 Å². The number of amidine groups is 1. The third-order valence-corrected chi connectivity index (χ3v) is 4.35. The molecule has 2 aromatic rings. The van der Waals surface area contributed by atoms with Crippen molar-refractivity contribution in [1.29, 1.82) is 5.41 Å². The smallest absolute Gasteiger partial charge is 0.253 e. The Morgan fingerprint density at radius 3 is 2.31 bits per heavy atom. The van der Waals surface area contributed by atoms with Gasteiger partial charge in [-0.25, -0.2) is 0 Å². The minimum absolute atomic E-state index is 0.0916. The third kappa shape index (κ3) is 6.70. The predicted octanol–water partition coefficient (Wildman–Crippen LogP) is 0.990. The van der Waals surface area contributed by atoms with E-state index in [1.54, 1.807) is 24.3 Å². The average molecular weight is 398 g/mol. The van der Waals surface area contributed by atoms with Gasteiger partial charge in [0, 0.05) is 24.3 Å². The summed E-state index contributed by atoms with van der Waals surface area (Å²) in [5.74, 6) is -1.24. The lowest BCUT2D eigenvalue weighted by Crippen LogP contribution is -2.38. The van der Waals surface area contributed by atoms with Crippen LogP contribution < -0.4 is 11.1 Å². The zero-order valence-electron chi connectivity index (χ0n) is 16.3. The highest BCUT2D eigenvalue weighted by atomic mass is 16.3. The first kappa shape index (κ1) is 22.1. The number of anilines is 1. The molecule has 0 aliphatic heterocycles. The molecule has 1 atom stereocenters. The van der Waals surface area contributed by atoms with E-state index in [-0.39, 0.29) is 25.5 Å². The van der Waals surface area contributed by atoms with Gasteiger partial charge in [-0.1, -0.05) is 29.8 Å². The van der Waals surface area contributed by atoms with Gasteiger partial charge in [-0.2, -0.15) is 0 Å². The van der Waals surface area contributed by atoms with E-state index in [0.717, 1.165) is 11.1 Å². The third-order valence-electron chi connectivity index (χ3n) is 4.35. The second-order valence-corrected chi connectivity index (χ2v) is 6.72. The molecule has 0 spiro atoms. The maximum Gasteiger partial charge on any atom is 0.253 e. The van der Waals surface area contributed by atoms with Crippen LogP contribution in [-0.4, -0.2) is 52.0 Å². The fraction of sp³-hybridized carbons (Fsp3) is 0.286. The lowest BCUT2D eigenvalue weighted by atomic mass is 10.1. The Balaban J connectivity index is 1.95. The van der Waals surface area contributed by atoms with Crippen LogP contribution in [0.2, 0.25) is 0 Å². The number of nitrogen functional groups attached to an aromatic ring is 1. The largest absolute Gasteiger partial charge is 0.395 e. The number of hydrogen-bond acceptors (Lipinski definition) is 5. The molecular formula is C21H26N4O4. The Hall–Kier alpha value is -3.23. The van der Waals surface area contributed by atoms with Gasteiger partial charge in [0.15, 0.2) is 0 Å². The van der Waals surface area contributed by atoms with Crippen LogP contribution in [0.25, 0.3) is 0 Å². The monoisotopic (exact) mass is 398 g/mol. The van der Waals surface area contributed by atoms with Crippen molar-refractivity contribution in [3.8, 4) is 0 Å². The molecule has 6 N–H and O–H groups in total. The number of nitrogens with zero attached hydrogens (tertiary/aromatic N) is 1. The molecule has 2 aromatic carbocycles. The summed E-state index contributed by atoms with van der Waals surface area (Å²) < 4.78 is 0. The van der Waals surface area contributed by atoms with Crippen molar-refractivity contribution in [3.63, 3.8) is 0 Å². The van der Waals surface area contributed by atoms with Crippen LogP contribution in [0.4, 0.5) is 5.69 Å². The topological polar surface area (TPSA) is 140 Å². The molecule has 0 radical (unpaired) electrons. The first-order chi connectivity index (χ1) is 13.8. The van der Waals surface area contributed by atoms with Gasteiger partial charge in [-0.05, 0) is 36.8 Å². The Bertz CT molecular complexity index is 850. The number of benzene rings is 2. The highest BCUT2D eigenvalue weighted by molar-refractivity contribution is 5.98. The quantitative estimate of drug-likeness (QED) is 0.317. The number of amides is 2. The molecule has 8 nitrogen and oxygen atoms in total. The lowest BCUT2D eigenvalue weighted by molar-refractivity contribution is -0.138. The fourth-order valence-electron chi connectivity index (χ4n) is 2.67. The van der Waals surface area contributed by atoms with Gasteiger partial charge >= 0.3 is 0 Å². The number of rotatable bonds is 9. The van der Waals surface area contributed by atoms with Gasteiger partial charge in [0.2, 0.25) is 5.91 Å². The van der Waals surface area contributed by atoms with Crippen LogP contribution in [0, 0.1) is 12.3 Å². The fourth-order valence-corrected chi connectivity index (χ4v) is 2.67. The Morgan fingerprint density at radius 2 is 1.76 bits per heavy atom. The number of aryl methyl sites for hydroxylation is 1. The molecule has 0 saturated heterocycles. The van der Waals surface area contributed by atoms with E-state index in [1.807, 2.05) is 31.2 Å². The van der Waals surface area contributed by atoms with Crippen molar-refractivity contribution in [2.75, 3.05) is 18.5 Å². The maximum atomic E-state index is 12.5. The first-order valence-corrected chi connectivity index (χ1v) is 9.17. The first-order valence-electron chi connectivity index (χ1n) is 9.17. The Kier molecular flexibility index (Phi) is 7.88. The van der Waals surface area contributed by atoms with Crippen LogP contribution >= 0.6 is 0 Å². The molecule has 8 heteroatoms. The summed E-state index contributed by atoms with van der Waals surface area (Å²) in [5.41, 5.74) is 8.29. The molecule has 2 rings (SSSR count). The van der Waals surface area contributed by atoms with Crippen LogP contribution in [0.5, 0.6) is 0 Å². The Labute approximate surface area is 169 Å². The highest BCUT2D eigenvalue weighted by Crippen LogP contribution is 2.12. The van der Waals surface area contributed by atoms with Crippen molar-refractivity contribution in [3.05, 3.63) is 65.2 Å². The van der Waals surface area contributed by atoms with Crippen molar-refractivity contribution < 1.29 is 19.8 Å². The second kappa shape index (κ2) is 10.4. The van der Waals surface area contributed by atoms with E-state index in [9.17, 15) is 19.8 Å². The van der Waals surface area contributed by atoms with Crippen LogP contribution in [-0.2, 0) is 16.1 Å². The SMILES string of the molecule is Cc1ccc(CN(CCO)C(=O)CC(O)C(=O)Nc2ccc(C(=N)N)cc2)cc1. The number of aliphatic hydroxyl groups is 2. The normalized spacial score (nSPS) is 11.6. The summed E-state index contributed by atoms with van der Waals surface area (Å²) in [5, 5.41) is 29.3. The number of hydrogen-bond donors (Lipinski definition) is 5. The summed E-state index contributed by atoms with van der Waals surface area (Å²) >= 11 is 0. The minimum Gasteiger partial charge on any atom is -0.395 e. The molecule has 0 saturated carbocycles. The van der Waals surface area contributed by atoms with Crippen LogP contribution in [0.3, 0.4) is 0 Å².